The number of hydrogen-bond donors (Lipinski definition) is 1. The predicted octanol–water partition coefficient (Wildman–Crippen LogP) is 3.25. The second-order valence-corrected chi connectivity index (χ2v) is 4.09. The second-order valence-electron chi connectivity index (χ2n) is 3.68. The molecule has 0 aliphatic carbocycles. The van der Waals surface area contributed by atoms with Crippen LogP contribution in [0.15, 0.2) is 47.1 Å². The summed E-state index contributed by atoms with van der Waals surface area (Å²) in [4.78, 5) is 0. The van der Waals surface area contributed by atoms with Crippen LogP contribution in [0.25, 0.3) is 0 Å². The average molecular weight is 237 g/mol. The molecule has 16 heavy (non-hydrogen) atoms. The molecule has 0 amide bonds. The van der Waals surface area contributed by atoms with Crippen molar-refractivity contribution in [2.24, 2.45) is 0 Å². The zero-order valence-electron chi connectivity index (χ0n) is 8.77. The van der Waals surface area contributed by atoms with Crippen molar-refractivity contribution in [3.8, 4) is 0 Å². The molecule has 1 heterocycles. The maximum atomic E-state index is 9.40. The summed E-state index contributed by atoms with van der Waals surface area (Å²) in [5, 5.41) is 10.1. The number of aliphatic hydroxyl groups excluding tert-OH is 1. The van der Waals surface area contributed by atoms with Crippen LogP contribution in [0.2, 0.25) is 5.02 Å². The first-order chi connectivity index (χ1) is 7.81. The molecule has 1 aromatic carbocycles. The van der Waals surface area contributed by atoms with Crippen molar-refractivity contribution in [3.05, 3.63) is 59.0 Å². The largest absolute Gasteiger partial charge is 0.469 e. The van der Waals surface area contributed by atoms with Crippen LogP contribution in [0.4, 0.5) is 0 Å². The first-order valence-electron chi connectivity index (χ1n) is 5.19. The van der Waals surface area contributed by atoms with Crippen molar-refractivity contribution >= 4 is 11.6 Å². The van der Waals surface area contributed by atoms with Crippen LogP contribution in [0, 0.1) is 0 Å². The van der Waals surface area contributed by atoms with Crippen LogP contribution in [-0.4, -0.2) is 11.7 Å². The van der Waals surface area contributed by atoms with Crippen molar-refractivity contribution in [2.75, 3.05) is 6.61 Å². The molecule has 1 aromatic heterocycles. The zero-order chi connectivity index (χ0) is 11.4. The lowest BCUT2D eigenvalue weighted by Crippen LogP contribution is -2.07. The molecule has 0 saturated heterocycles. The first kappa shape index (κ1) is 11.2. The molecule has 2 aromatic rings. The summed E-state index contributed by atoms with van der Waals surface area (Å²) in [7, 11) is 0. The Balaban J connectivity index is 2.20. The Morgan fingerprint density at radius 1 is 1.19 bits per heavy atom. The number of furan rings is 1. The van der Waals surface area contributed by atoms with E-state index in [1.54, 1.807) is 6.26 Å². The highest BCUT2D eigenvalue weighted by Gasteiger charge is 2.15. The summed E-state index contributed by atoms with van der Waals surface area (Å²) in [6.07, 6.45) is 2.30. The van der Waals surface area contributed by atoms with Gasteiger partial charge in [0.05, 0.1) is 12.9 Å². The van der Waals surface area contributed by atoms with E-state index < -0.39 is 0 Å². The van der Waals surface area contributed by atoms with Crippen LogP contribution in [-0.2, 0) is 6.42 Å². The van der Waals surface area contributed by atoms with Gasteiger partial charge in [0, 0.05) is 17.4 Å². The molecule has 0 fully saturated rings. The number of hydrogen-bond acceptors (Lipinski definition) is 2. The van der Waals surface area contributed by atoms with Crippen molar-refractivity contribution in [1.29, 1.82) is 0 Å². The minimum Gasteiger partial charge on any atom is -0.469 e. The minimum absolute atomic E-state index is 0.0140. The van der Waals surface area contributed by atoms with Crippen LogP contribution >= 0.6 is 11.6 Å². The van der Waals surface area contributed by atoms with Crippen molar-refractivity contribution in [1.82, 2.24) is 0 Å². The molecule has 0 bridgehead atoms. The normalized spacial score (nSPS) is 12.6. The van der Waals surface area contributed by atoms with E-state index in [-0.39, 0.29) is 12.5 Å². The van der Waals surface area contributed by atoms with Gasteiger partial charge in [-0.05, 0) is 23.8 Å². The highest BCUT2D eigenvalue weighted by Crippen LogP contribution is 2.27. The van der Waals surface area contributed by atoms with Crippen LogP contribution in [0.3, 0.4) is 0 Å². The van der Waals surface area contributed by atoms with Gasteiger partial charge in [-0.25, -0.2) is 0 Å². The maximum Gasteiger partial charge on any atom is 0.104 e. The minimum atomic E-state index is -0.0140. The lowest BCUT2D eigenvalue weighted by molar-refractivity contribution is 0.259. The van der Waals surface area contributed by atoms with Crippen LogP contribution in [0.5, 0.6) is 0 Å². The third kappa shape index (κ3) is 2.46. The molecule has 1 unspecified atom stereocenters. The third-order valence-electron chi connectivity index (χ3n) is 2.59. The number of benzene rings is 1. The highest BCUT2D eigenvalue weighted by atomic mass is 35.5. The van der Waals surface area contributed by atoms with Gasteiger partial charge in [0.25, 0.3) is 0 Å². The molecule has 0 spiro atoms. The molecule has 0 aliphatic heterocycles. The number of halogens is 1. The molecule has 0 aliphatic rings. The summed E-state index contributed by atoms with van der Waals surface area (Å²) >= 11 is 6.10. The number of rotatable bonds is 4. The van der Waals surface area contributed by atoms with E-state index in [4.69, 9.17) is 16.0 Å². The Hall–Kier alpha value is -1.25. The SMILES string of the molecule is OCC(Cc1ccco1)c1ccccc1Cl. The van der Waals surface area contributed by atoms with E-state index in [1.807, 2.05) is 36.4 Å². The molecular formula is C13H13ClO2. The van der Waals surface area contributed by atoms with E-state index >= 15 is 0 Å². The molecule has 1 atom stereocenters. The molecule has 2 rings (SSSR count). The summed E-state index contributed by atoms with van der Waals surface area (Å²) < 4.78 is 5.27. The van der Waals surface area contributed by atoms with Gasteiger partial charge in [0.2, 0.25) is 0 Å². The van der Waals surface area contributed by atoms with Gasteiger partial charge in [-0.15, -0.1) is 0 Å². The van der Waals surface area contributed by atoms with E-state index in [1.165, 1.54) is 0 Å². The highest BCUT2D eigenvalue weighted by molar-refractivity contribution is 6.31. The van der Waals surface area contributed by atoms with Crippen LogP contribution < -0.4 is 0 Å². The smallest absolute Gasteiger partial charge is 0.104 e. The van der Waals surface area contributed by atoms with Gasteiger partial charge >= 0.3 is 0 Å². The average Bonchev–Trinajstić information content (AvgIpc) is 2.80. The molecule has 0 saturated carbocycles. The van der Waals surface area contributed by atoms with Gasteiger partial charge in [-0.3, -0.25) is 0 Å². The molecule has 2 nitrogen and oxygen atoms in total. The monoisotopic (exact) mass is 236 g/mol. The van der Waals surface area contributed by atoms with Crippen molar-refractivity contribution in [3.63, 3.8) is 0 Å². The zero-order valence-corrected chi connectivity index (χ0v) is 9.52. The molecule has 0 radical (unpaired) electrons. The molecule has 84 valence electrons. The second kappa shape index (κ2) is 5.19. The summed E-state index contributed by atoms with van der Waals surface area (Å²) in [5.41, 5.74) is 0.961. The van der Waals surface area contributed by atoms with Gasteiger partial charge in [-0.1, -0.05) is 29.8 Å². The molecule has 1 N–H and O–H groups in total. The van der Waals surface area contributed by atoms with Gasteiger partial charge in [0.1, 0.15) is 5.76 Å². The van der Waals surface area contributed by atoms with Gasteiger partial charge in [-0.2, -0.15) is 0 Å². The Morgan fingerprint density at radius 3 is 2.62 bits per heavy atom. The first-order valence-corrected chi connectivity index (χ1v) is 5.56. The van der Waals surface area contributed by atoms with E-state index in [0.29, 0.717) is 11.4 Å². The summed E-state index contributed by atoms with van der Waals surface area (Å²) in [6, 6.07) is 11.3. The van der Waals surface area contributed by atoms with E-state index in [9.17, 15) is 5.11 Å². The lowest BCUT2D eigenvalue weighted by atomic mass is 9.95. The Labute approximate surface area is 99.5 Å². The summed E-state index contributed by atoms with van der Waals surface area (Å²) in [5.74, 6) is 0.846. The van der Waals surface area contributed by atoms with Crippen molar-refractivity contribution < 1.29 is 9.52 Å². The third-order valence-corrected chi connectivity index (χ3v) is 2.94. The quantitative estimate of drug-likeness (QED) is 0.884. The Morgan fingerprint density at radius 2 is 2.00 bits per heavy atom. The lowest BCUT2D eigenvalue weighted by Gasteiger charge is -2.14. The standard InChI is InChI=1S/C13H13ClO2/c14-13-6-2-1-5-12(13)10(9-15)8-11-4-3-7-16-11/h1-7,10,15H,8-9H2. The van der Waals surface area contributed by atoms with Crippen LogP contribution in [0.1, 0.15) is 17.2 Å². The Kier molecular flexibility index (Phi) is 3.65. The fraction of sp³-hybridized carbons (Fsp3) is 0.231. The maximum absolute atomic E-state index is 9.40. The fourth-order valence-corrected chi connectivity index (χ4v) is 2.04. The van der Waals surface area contributed by atoms with Gasteiger partial charge in [0.15, 0.2) is 0 Å². The molecular weight excluding hydrogens is 224 g/mol. The molecule has 3 heteroatoms. The van der Waals surface area contributed by atoms with Crippen molar-refractivity contribution in [2.45, 2.75) is 12.3 Å². The van der Waals surface area contributed by atoms with Gasteiger partial charge < -0.3 is 9.52 Å². The summed E-state index contributed by atoms with van der Waals surface area (Å²) in [6.45, 7) is 0.0600. The van der Waals surface area contributed by atoms with E-state index in [2.05, 4.69) is 0 Å². The Bertz CT molecular complexity index is 437. The van der Waals surface area contributed by atoms with E-state index in [0.717, 1.165) is 11.3 Å². The predicted molar refractivity (Wildman–Crippen MR) is 63.7 cm³/mol. The number of aliphatic hydroxyl groups is 1. The topological polar surface area (TPSA) is 33.4 Å². The fourth-order valence-electron chi connectivity index (χ4n) is 1.75.